The number of aromatic nitrogens is 1. The smallest absolute Gasteiger partial charge is 0.317 e. The van der Waals surface area contributed by atoms with Crippen LogP contribution in [-0.4, -0.2) is 55.0 Å². The van der Waals surface area contributed by atoms with Crippen molar-refractivity contribution in [3.05, 3.63) is 29.6 Å². The Bertz CT molecular complexity index is 646. The van der Waals surface area contributed by atoms with Crippen LogP contribution in [0.1, 0.15) is 31.0 Å². The Morgan fingerprint density at radius 3 is 2.70 bits per heavy atom. The monoisotopic (exact) mass is 339 g/mol. The van der Waals surface area contributed by atoms with E-state index < -0.39 is 9.84 Å². The van der Waals surface area contributed by atoms with Gasteiger partial charge in [0.15, 0.2) is 0 Å². The standard InChI is InChI=1S/C16H25N3O3S/c1-12-5-4-8-17-15(12)11-13(2)18-16(20)19(3)14-6-9-23(21,22)10-7-14/h4-5,8,13-14H,6-7,9-11H2,1-3H3,(H,18,20). The van der Waals surface area contributed by atoms with Crippen molar-refractivity contribution in [2.24, 2.45) is 0 Å². The molecule has 23 heavy (non-hydrogen) atoms. The quantitative estimate of drug-likeness (QED) is 0.902. The molecular weight excluding hydrogens is 314 g/mol. The summed E-state index contributed by atoms with van der Waals surface area (Å²) in [6.07, 6.45) is 3.46. The third kappa shape index (κ3) is 4.92. The fourth-order valence-electron chi connectivity index (χ4n) is 2.82. The number of pyridine rings is 1. The normalized spacial score (nSPS) is 19.1. The van der Waals surface area contributed by atoms with Crippen LogP contribution >= 0.6 is 0 Å². The minimum Gasteiger partial charge on any atom is -0.335 e. The first-order valence-electron chi connectivity index (χ1n) is 7.93. The fourth-order valence-corrected chi connectivity index (χ4v) is 4.28. The molecule has 1 aromatic heterocycles. The molecule has 7 heteroatoms. The lowest BCUT2D eigenvalue weighted by Crippen LogP contribution is -2.49. The first-order valence-corrected chi connectivity index (χ1v) is 9.75. The fraction of sp³-hybridized carbons (Fsp3) is 0.625. The summed E-state index contributed by atoms with van der Waals surface area (Å²) in [5, 5.41) is 2.97. The second kappa shape index (κ2) is 7.29. The zero-order valence-electron chi connectivity index (χ0n) is 13.9. The van der Waals surface area contributed by atoms with Gasteiger partial charge in [0, 0.05) is 37.4 Å². The van der Waals surface area contributed by atoms with Crippen LogP contribution in [-0.2, 0) is 16.3 Å². The predicted molar refractivity (Wildman–Crippen MR) is 90.1 cm³/mol. The van der Waals surface area contributed by atoms with E-state index in [2.05, 4.69) is 10.3 Å². The van der Waals surface area contributed by atoms with Gasteiger partial charge in [-0.1, -0.05) is 6.07 Å². The summed E-state index contributed by atoms with van der Waals surface area (Å²) in [5.41, 5.74) is 2.09. The molecule has 1 atom stereocenters. The Balaban J connectivity index is 1.87. The maximum Gasteiger partial charge on any atom is 0.317 e. The molecule has 6 nitrogen and oxygen atoms in total. The predicted octanol–water partition coefficient (Wildman–Crippen LogP) is 1.54. The van der Waals surface area contributed by atoms with Crippen molar-refractivity contribution in [2.45, 2.75) is 45.2 Å². The first kappa shape index (κ1) is 17.7. The molecule has 0 aromatic carbocycles. The van der Waals surface area contributed by atoms with Gasteiger partial charge in [0.2, 0.25) is 0 Å². The van der Waals surface area contributed by atoms with Gasteiger partial charge in [-0.15, -0.1) is 0 Å². The molecule has 1 aliphatic heterocycles. The van der Waals surface area contributed by atoms with Gasteiger partial charge in [-0.25, -0.2) is 13.2 Å². The van der Waals surface area contributed by atoms with E-state index in [0.717, 1.165) is 11.3 Å². The number of nitrogens with zero attached hydrogens (tertiary/aromatic N) is 2. The number of nitrogens with one attached hydrogen (secondary N) is 1. The Morgan fingerprint density at radius 2 is 2.09 bits per heavy atom. The molecule has 2 heterocycles. The van der Waals surface area contributed by atoms with Crippen LogP contribution in [0.5, 0.6) is 0 Å². The molecule has 0 radical (unpaired) electrons. The number of rotatable bonds is 4. The van der Waals surface area contributed by atoms with Gasteiger partial charge < -0.3 is 10.2 Å². The van der Waals surface area contributed by atoms with Crippen LogP contribution in [0.25, 0.3) is 0 Å². The van der Waals surface area contributed by atoms with Crippen LogP contribution in [0.4, 0.5) is 4.79 Å². The number of aryl methyl sites for hydroxylation is 1. The SMILES string of the molecule is Cc1cccnc1CC(C)NC(=O)N(C)C1CCS(=O)(=O)CC1. The molecule has 0 spiro atoms. The highest BCUT2D eigenvalue weighted by molar-refractivity contribution is 7.91. The van der Waals surface area contributed by atoms with Crippen molar-refractivity contribution in [1.29, 1.82) is 0 Å². The van der Waals surface area contributed by atoms with Gasteiger partial charge in [-0.05, 0) is 38.3 Å². The largest absolute Gasteiger partial charge is 0.335 e. The summed E-state index contributed by atoms with van der Waals surface area (Å²) in [7, 11) is -1.18. The Labute approximate surface area is 138 Å². The lowest BCUT2D eigenvalue weighted by atomic mass is 10.1. The molecule has 0 saturated carbocycles. The molecule has 0 bridgehead atoms. The summed E-state index contributed by atoms with van der Waals surface area (Å²) in [6, 6.07) is 3.70. The lowest BCUT2D eigenvalue weighted by Gasteiger charge is -2.32. The van der Waals surface area contributed by atoms with Crippen molar-refractivity contribution < 1.29 is 13.2 Å². The van der Waals surface area contributed by atoms with Crippen molar-refractivity contribution >= 4 is 15.9 Å². The van der Waals surface area contributed by atoms with E-state index in [1.165, 1.54) is 0 Å². The second-order valence-corrected chi connectivity index (χ2v) is 8.62. The van der Waals surface area contributed by atoms with Crippen LogP contribution in [0, 0.1) is 6.92 Å². The first-order chi connectivity index (χ1) is 10.8. The van der Waals surface area contributed by atoms with E-state index in [4.69, 9.17) is 0 Å². The number of hydrogen-bond donors (Lipinski definition) is 1. The average Bonchev–Trinajstić information content (AvgIpc) is 2.49. The van der Waals surface area contributed by atoms with Crippen molar-refractivity contribution in [3.8, 4) is 0 Å². The third-order valence-electron chi connectivity index (χ3n) is 4.38. The molecule has 1 N–H and O–H groups in total. The van der Waals surface area contributed by atoms with E-state index in [-0.39, 0.29) is 29.6 Å². The van der Waals surface area contributed by atoms with E-state index >= 15 is 0 Å². The van der Waals surface area contributed by atoms with Crippen LogP contribution < -0.4 is 5.32 Å². The lowest BCUT2D eigenvalue weighted by molar-refractivity contribution is 0.182. The third-order valence-corrected chi connectivity index (χ3v) is 6.09. The van der Waals surface area contributed by atoms with Crippen LogP contribution in [0.15, 0.2) is 18.3 Å². The molecule has 1 saturated heterocycles. The van der Waals surface area contributed by atoms with Gasteiger partial charge in [0.05, 0.1) is 11.5 Å². The molecular formula is C16H25N3O3S. The Kier molecular flexibility index (Phi) is 5.62. The summed E-state index contributed by atoms with van der Waals surface area (Å²) in [4.78, 5) is 18.3. The number of carbonyl (C=O) groups is 1. The van der Waals surface area contributed by atoms with Crippen LogP contribution in [0.2, 0.25) is 0 Å². The van der Waals surface area contributed by atoms with Gasteiger partial charge >= 0.3 is 6.03 Å². The topological polar surface area (TPSA) is 79.4 Å². The molecule has 1 unspecified atom stereocenters. The minimum atomic E-state index is -2.91. The number of sulfone groups is 1. The van der Waals surface area contributed by atoms with Gasteiger partial charge in [-0.2, -0.15) is 0 Å². The number of hydrogen-bond acceptors (Lipinski definition) is 4. The van der Waals surface area contributed by atoms with E-state index in [9.17, 15) is 13.2 Å². The van der Waals surface area contributed by atoms with Gasteiger partial charge in [-0.3, -0.25) is 4.98 Å². The average molecular weight is 339 g/mol. The summed E-state index contributed by atoms with van der Waals surface area (Å²) < 4.78 is 23.0. The molecule has 0 aliphatic carbocycles. The zero-order chi connectivity index (χ0) is 17.0. The maximum atomic E-state index is 12.3. The zero-order valence-corrected chi connectivity index (χ0v) is 14.8. The Morgan fingerprint density at radius 1 is 1.43 bits per heavy atom. The van der Waals surface area contributed by atoms with Crippen molar-refractivity contribution in [1.82, 2.24) is 15.2 Å². The summed E-state index contributed by atoms with van der Waals surface area (Å²) in [5.74, 6) is 0.329. The summed E-state index contributed by atoms with van der Waals surface area (Å²) >= 11 is 0. The van der Waals surface area contributed by atoms with Gasteiger partial charge in [0.1, 0.15) is 9.84 Å². The minimum absolute atomic E-state index is 0.0117. The molecule has 1 fully saturated rings. The number of amides is 2. The Hall–Kier alpha value is -1.63. The maximum absolute atomic E-state index is 12.3. The summed E-state index contributed by atoms with van der Waals surface area (Å²) in [6.45, 7) is 3.96. The van der Waals surface area contributed by atoms with E-state index in [1.54, 1.807) is 18.1 Å². The molecule has 2 rings (SSSR count). The highest BCUT2D eigenvalue weighted by atomic mass is 32.2. The molecule has 128 valence electrons. The molecule has 1 aromatic rings. The highest BCUT2D eigenvalue weighted by Crippen LogP contribution is 2.17. The second-order valence-electron chi connectivity index (χ2n) is 6.32. The van der Waals surface area contributed by atoms with Gasteiger partial charge in [0.25, 0.3) is 0 Å². The van der Waals surface area contributed by atoms with E-state index in [1.807, 2.05) is 26.0 Å². The van der Waals surface area contributed by atoms with Crippen LogP contribution in [0.3, 0.4) is 0 Å². The number of urea groups is 1. The number of carbonyl (C=O) groups excluding carboxylic acids is 1. The highest BCUT2D eigenvalue weighted by Gasteiger charge is 2.28. The van der Waals surface area contributed by atoms with E-state index in [0.29, 0.717) is 19.3 Å². The van der Waals surface area contributed by atoms with Crippen molar-refractivity contribution in [3.63, 3.8) is 0 Å². The van der Waals surface area contributed by atoms with Crippen molar-refractivity contribution in [2.75, 3.05) is 18.6 Å². The molecule has 2 amide bonds. The molecule has 1 aliphatic rings.